The van der Waals surface area contributed by atoms with Crippen LogP contribution in [0.25, 0.3) is 11.2 Å². The van der Waals surface area contributed by atoms with Gasteiger partial charge in [-0.3, -0.25) is 18.7 Å². The van der Waals surface area contributed by atoms with E-state index in [0.717, 1.165) is 18.1 Å². The molecule has 0 unspecified atom stereocenters. The van der Waals surface area contributed by atoms with E-state index < -0.39 is 68.4 Å². The number of thioether (sulfide) groups is 1. The van der Waals surface area contributed by atoms with Crippen molar-refractivity contribution in [1.82, 2.24) is 24.8 Å². The first-order valence-electron chi connectivity index (χ1n) is 11.1. The number of hydrogen-bond acceptors (Lipinski definition) is 13. The normalized spacial score (nSPS) is 22.2. The molecule has 0 spiro atoms. The van der Waals surface area contributed by atoms with Gasteiger partial charge in [0.15, 0.2) is 28.9 Å². The number of hydrogen-bond donors (Lipinski definition) is 5. The molecule has 1 aliphatic rings. The van der Waals surface area contributed by atoms with Gasteiger partial charge in [-0.15, -0.1) is 6.58 Å². The van der Waals surface area contributed by atoms with Gasteiger partial charge in [0.05, 0.1) is 12.9 Å². The predicted octanol–water partition coefficient (Wildman–Crippen LogP) is -0.581. The third-order valence-electron chi connectivity index (χ3n) is 5.42. The smallest absolute Gasteiger partial charge is 0.455 e. The van der Waals surface area contributed by atoms with Gasteiger partial charge in [-0.1, -0.05) is 17.8 Å². The number of carbonyl (C=O) groups is 3. The lowest BCUT2D eigenvalue weighted by Gasteiger charge is -2.24. The summed E-state index contributed by atoms with van der Waals surface area (Å²) >= 11 is 0.844. The summed E-state index contributed by atoms with van der Waals surface area (Å²) in [5, 5.41) is 13.1. The van der Waals surface area contributed by atoms with Crippen molar-refractivity contribution in [3.05, 3.63) is 25.3 Å². The van der Waals surface area contributed by atoms with Gasteiger partial charge >= 0.3 is 13.8 Å². The number of esters is 1. The Kier molecular flexibility index (Phi) is 9.94. The summed E-state index contributed by atoms with van der Waals surface area (Å²) in [5.41, 5.74) is 6.16. The molecule has 6 N–H and O–H groups in total. The Balaban J connectivity index is 1.87. The van der Waals surface area contributed by atoms with E-state index in [9.17, 15) is 24.1 Å². The molecule has 2 aromatic heterocycles. The number of aliphatic hydroxyl groups is 1. The van der Waals surface area contributed by atoms with Gasteiger partial charge in [-0.05, 0) is 12.7 Å². The first-order valence-corrected chi connectivity index (χ1v) is 13.8. The topological polar surface area (TPSA) is 238 Å². The zero-order valence-electron chi connectivity index (χ0n) is 20.1. The molecule has 1 saturated heterocycles. The highest BCUT2D eigenvalue weighted by atomic mass is 32.2. The number of nitrogens with two attached hydrogens (primary N) is 1. The van der Waals surface area contributed by atoms with E-state index in [4.69, 9.17) is 25.0 Å². The van der Waals surface area contributed by atoms with Gasteiger partial charge in [0.2, 0.25) is 5.91 Å². The quantitative estimate of drug-likeness (QED) is 0.121. The molecule has 0 aliphatic carbocycles. The van der Waals surface area contributed by atoms with Crippen molar-refractivity contribution >= 4 is 53.6 Å². The SMILES string of the molecule is C=CCCC(=O)N[C@@H](CC(=O)SC)C(=O)O[C@H]1[C@@H](O)[C@H](n2cnc3c(N)ncnc32)O[C@@H]1COP(=O)(O)O. The average Bonchev–Trinajstić information content (AvgIpc) is 3.42. The second-order valence-corrected chi connectivity index (χ2v) is 10.2. The molecule has 2 aromatic rings. The van der Waals surface area contributed by atoms with E-state index in [-0.39, 0.29) is 23.4 Å². The van der Waals surface area contributed by atoms with Crippen LogP contribution in [0.3, 0.4) is 0 Å². The number of rotatable bonds is 12. The number of nitrogen functional groups attached to an aromatic ring is 1. The number of allylic oxidation sites excluding steroid dienone is 1. The first kappa shape index (κ1) is 29.6. The van der Waals surface area contributed by atoms with Crippen LogP contribution in [0.15, 0.2) is 25.3 Å². The molecular formula is C20H27N6O10PS. The number of aliphatic hydroxyl groups excluding tert-OH is 1. The van der Waals surface area contributed by atoms with Crippen molar-refractivity contribution in [3.8, 4) is 0 Å². The maximum absolute atomic E-state index is 13.1. The molecule has 38 heavy (non-hydrogen) atoms. The lowest BCUT2D eigenvalue weighted by Crippen LogP contribution is -2.47. The monoisotopic (exact) mass is 574 g/mol. The summed E-state index contributed by atoms with van der Waals surface area (Å²) in [5.74, 6) is -1.56. The molecule has 1 amide bonds. The van der Waals surface area contributed by atoms with Crippen molar-refractivity contribution in [2.75, 3.05) is 18.6 Å². The number of fused-ring (bicyclic) bond motifs is 1. The van der Waals surface area contributed by atoms with Crippen molar-refractivity contribution < 1.29 is 47.8 Å². The van der Waals surface area contributed by atoms with Crippen molar-refractivity contribution in [3.63, 3.8) is 0 Å². The molecule has 1 fully saturated rings. The van der Waals surface area contributed by atoms with E-state index in [2.05, 4.69) is 31.4 Å². The zero-order valence-corrected chi connectivity index (χ0v) is 21.8. The van der Waals surface area contributed by atoms with E-state index >= 15 is 0 Å². The van der Waals surface area contributed by atoms with Gasteiger partial charge in [0, 0.05) is 12.8 Å². The highest BCUT2D eigenvalue weighted by molar-refractivity contribution is 8.13. The number of imidazole rings is 1. The first-order chi connectivity index (χ1) is 17.9. The summed E-state index contributed by atoms with van der Waals surface area (Å²) in [6.07, 6.45) is -0.480. The van der Waals surface area contributed by atoms with E-state index in [0.29, 0.717) is 6.42 Å². The van der Waals surface area contributed by atoms with Crippen molar-refractivity contribution in [2.45, 2.75) is 49.8 Å². The van der Waals surface area contributed by atoms with Crippen LogP contribution in [0.5, 0.6) is 0 Å². The Hall–Kier alpha value is -2.92. The number of phosphoric acid groups is 1. The van der Waals surface area contributed by atoms with Gasteiger partial charge in [0.1, 0.15) is 30.1 Å². The van der Waals surface area contributed by atoms with E-state index in [1.165, 1.54) is 23.2 Å². The van der Waals surface area contributed by atoms with Crippen LogP contribution in [0.1, 0.15) is 25.5 Å². The van der Waals surface area contributed by atoms with Gasteiger partial charge in [0.25, 0.3) is 0 Å². The van der Waals surface area contributed by atoms with Crippen LogP contribution in [0.2, 0.25) is 0 Å². The Bertz CT molecular complexity index is 1240. The Morgan fingerprint density at radius 3 is 2.76 bits per heavy atom. The van der Waals surface area contributed by atoms with Crippen molar-refractivity contribution in [2.24, 2.45) is 0 Å². The van der Waals surface area contributed by atoms with Gasteiger partial charge < -0.3 is 35.4 Å². The fraction of sp³-hybridized carbons (Fsp3) is 0.500. The molecule has 0 radical (unpaired) electrons. The minimum atomic E-state index is -4.97. The lowest BCUT2D eigenvalue weighted by atomic mass is 10.1. The second-order valence-electron chi connectivity index (χ2n) is 8.05. The molecular weight excluding hydrogens is 547 g/mol. The number of nitrogens with zero attached hydrogens (tertiary/aromatic N) is 4. The minimum Gasteiger partial charge on any atom is -0.455 e. The molecule has 5 atom stereocenters. The molecule has 208 valence electrons. The number of carbonyl (C=O) groups excluding carboxylic acids is 3. The number of amides is 1. The molecule has 0 aromatic carbocycles. The summed E-state index contributed by atoms with van der Waals surface area (Å²) in [7, 11) is -4.97. The molecule has 18 heteroatoms. The van der Waals surface area contributed by atoms with Crippen molar-refractivity contribution in [1.29, 1.82) is 0 Å². The number of phosphoric ester groups is 1. The minimum absolute atomic E-state index is 0.00934. The number of aromatic nitrogens is 4. The summed E-state index contributed by atoms with van der Waals surface area (Å²) in [4.78, 5) is 67.6. The van der Waals surface area contributed by atoms with Crippen LogP contribution in [0, 0.1) is 0 Å². The summed E-state index contributed by atoms with van der Waals surface area (Å²) in [6, 6.07) is -1.40. The number of nitrogens with one attached hydrogen (secondary N) is 1. The molecule has 16 nitrogen and oxygen atoms in total. The Morgan fingerprint density at radius 1 is 1.37 bits per heavy atom. The molecule has 3 heterocycles. The molecule has 1 aliphatic heterocycles. The molecule has 3 rings (SSSR count). The standard InChI is InChI=1S/C20H27N6O10PS/c1-3-4-5-12(27)25-10(6-13(28)38-2)20(30)36-16-11(7-34-37(31,32)33)35-19(15(16)29)26-9-24-14-17(21)22-8-23-18(14)26/h3,8-11,15-16,19,29H,1,4-7H2,2H3,(H,25,27)(H2,21,22,23)(H2,31,32,33)/t10-,11+,15+,16+,19+/m0/s1. The highest BCUT2D eigenvalue weighted by Gasteiger charge is 2.49. The fourth-order valence-corrected chi connectivity index (χ4v) is 4.29. The third-order valence-corrected chi connectivity index (χ3v) is 6.53. The average molecular weight is 575 g/mol. The fourth-order valence-electron chi connectivity index (χ4n) is 3.62. The maximum atomic E-state index is 13.1. The zero-order chi connectivity index (χ0) is 28.0. The van der Waals surface area contributed by atoms with Crippen LogP contribution in [-0.4, -0.2) is 88.6 Å². The largest absolute Gasteiger partial charge is 0.469 e. The van der Waals surface area contributed by atoms with Crippen LogP contribution in [0.4, 0.5) is 5.82 Å². The predicted molar refractivity (Wildman–Crippen MR) is 132 cm³/mol. The van der Waals surface area contributed by atoms with E-state index in [1.807, 2.05) is 0 Å². The maximum Gasteiger partial charge on any atom is 0.469 e. The lowest BCUT2D eigenvalue weighted by molar-refractivity contribution is -0.160. The molecule has 0 saturated carbocycles. The van der Waals surface area contributed by atoms with Crippen LogP contribution < -0.4 is 11.1 Å². The third kappa shape index (κ3) is 7.35. The Morgan fingerprint density at radius 2 is 2.11 bits per heavy atom. The van der Waals surface area contributed by atoms with Crippen LogP contribution in [-0.2, 0) is 32.9 Å². The van der Waals surface area contributed by atoms with Gasteiger partial charge in [-0.25, -0.2) is 24.3 Å². The number of ether oxygens (including phenoxy) is 2. The summed E-state index contributed by atoms with van der Waals surface area (Å²) in [6.45, 7) is 2.74. The molecule has 0 bridgehead atoms. The second kappa shape index (κ2) is 12.8. The summed E-state index contributed by atoms with van der Waals surface area (Å²) < 4.78 is 28.3. The van der Waals surface area contributed by atoms with Gasteiger partial charge in [-0.2, -0.15) is 0 Å². The highest BCUT2D eigenvalue weighted by Crippen LogP contribution is 2.39. The van der Waals surface area contributed by atoms with Crippen LogP contribution >= 0.6 is 19.6 Å². The number of anilines is 1. The Labute approximate surface area is 220 Å². The van der Waals surface area contributed by atoms with E-state index in [1.54, 1.807) is 0 Å².